The topological polar surface area (TPSA) is 70.8 Å². The monoisotopic (exact) mass is 417 g/mol. The second-order valence-electron chi connectivity index (χ2n) is 4.95. The summed E-state index contributed by atoms with van der Waals surface area (Å²) in [4.78, 5) is 12.5. The average molecular weight is 418 g/mol. The SMILES string of the molecule is CCOC(=O)COc1cc(N)ccc1OCCSc1ccc(Cl)cc1.Cl. The zero-order chi connectivity index (χ0) is 18.1. The number of esters is 1. The molecule has 2 aromatic rings. The summed E-state index contributed by atoms with van der Waals surface area (Å²) in [6.07, 6.45) is 0. The Balaban J connectivity index is 0.00000338. The number of carbonyl (C=O) groups is 1. The van der Waals surface area contributed by atoms with Crippen LogP contribution in [0.1, 0.15) is 6.92 Å². The van der Waals surface area contributed by atoms with E-state index in [0.29, 0.717) is 35.4 Å². The molecular weight excluding hydrogens is 397 g/mol. The van der Waals surface area contributed by atoms with Crippen LogP contribution >= 0.6 is 35.8 Å². The van der Waals surface area contributed by atoms with Crippen molar-refractivity contribution in [3.05, 3.63) is 47.5 Å². The quantitative estimate of drug-likeness (QED) is 0.281. The molecule has 0 aliphatic rings. The number of nitrogen functional groups attached to an aromatic ring is 1. The Bertz CT molecular complexity index is 698. The normalized spacial score (nSPS) is 9.92. The molecule has 0 saturated heterocycles. The Morgan fingerprint density at radius 3 is 2.54 bits per heavy atom. The highest BCUT2D eigenvalue weighted by Gasteiger charge is 2.09. The van der Waals surface area contributed by atoms with Gasteiger partial charge in [0.1, 0.15) is 0 Å². The van der Waals surface area contributed by atoms with Gasteiger partial charge in [-0.15, -0.1) is 24.2 Å². The molecule has 0 fully saturated rings. The van der Waals surface area contributed by atoms with E-state index in [-0.39, 0.29) is 19.0 Å². The van der Waals surface area contributed by atoms with Gasteiger partial charge in [-0.25, -0.2) is 4.79 Å². The van der Waals surface area contributed by atoms with Crippen LogP contribution in [0.2, 0.25) is 5.02 Å². The second kappa shape index (κ2) is 11.8. The van der Waals surface area contributed by atoms with Crippen LogP contribution in [0.15, 0.2) is 47.4 Å². The van der Waals surface area contributed by atoms with Gasteiger partial charge in [0.2, 0.25) is 0 Å². The third-order valence-corrected chi connectivity index (χ3v) is 4.27. The van der Waals surface area contributed by atoms with Crippen LogP contribution in [0.4, 0.5) is 5.69 Å². The summed E-state index contributed by atoms with van der Waals surface area (Å²) in [5, 5.41) is 0.714. The Morgan fingerprint density at radius 1 is 1.12 bits per heavy atom. The van der Waals surface area contributed by atoms with Crippen molar-refractivity contribution >= 4 is 47.4 Å². The number of hydrogen-bond acceptors (Lipinski definition) is 6. The number of rotatable bonds is 9. The molecule has 5 nitrogen and oxygen atoms in total. The van der Waals surface area contributed by atoms with Gasteiger partial charge in [-0.05, 0) is 43.3 Å². The minimum atomic E-state index is -0.436. The number of benzene rings is 2. The van der Waals surface area contributed by atoms with Crippen LogP contribution in [-0.2, 0) is 9.53 Å². The molecular formula is C18H21Cl2NO4S. The van der Waals surface area contributed by atoms with E-state index in [4.69, 9.17) is 31.5 Å². The minimum absolute atomic E-state index is 0. The smallest absolute Gasteiger partial charge is 0.344 e. The molecule has 0 aliphatic heterocycles. The number of nitrogens with two attached hydrogens (primary N) is 1. The fourth-order valence-corrected chi connectivity index (χ4v) is 2.79. The van der Waals surface area contributed by atoms with Crippen LogP contribution in [0.3, 0.4) is 0 Å². The Kier molecular flexibility index (Phi) is 10.1. The first-order valence-electron chi connectivity index (χ1n) is 7.77. The average Bonchev–Trinajstić information content (AvgIpc) is 2.60. The Hall–Kier alpha value is -1.76. The number of carbonyl (C=O) groups excluding carboxylic acids is 1. The number of anilines is 1. The molecule has 0 spiro atoms. The van der Waals surface area contributed by atoms with Crippen LogP contribution in [0.5, 0.6) is 11.5 Å². The fraction of sp³-hybridized carbons (Fsp3) is 0.278. The summed E-state index contributed by atoms with van der Waals surface area (Å²) in [5.41, 5.74) is 6.30. The van der Waals surface area contributed by atoms with Crippen molar-refractivity contribution in [3.63, 3.8) is 0 Å². The maximum Gasteiger partial charge on any atom is 0.344 e. The summed E-state index contributed by atoms with van der Waals surface area (Å²) < 4.78 is 16.1. The first-order chi connectivity index (χ1) is 12.1. The molecule has 0 atom stereocenters. The van der Waals surface area contributed by atoms with E-state index < -0.39 is 5.97 Å². The summed E-state index contributed by atoms with van der Waals surface area (Å²) >= 11 is 7.52. The van der Waals surface area contributed by atoms with Gasteiger partial charge in [0.15, 0.2) is 18.1 Å². The molecule has 0 aromatic heterocycles. The molecule has 0 bridgehead atoms. The summed E-state index contributed by atoms with van der Waals surface area (Å²) in [7, 11) is 0. The Morgan fingerprint density at radius 2 is 1.85 bits per heavy atom. The first-order valence-corrected chi connectivity index (χ1v) is 9.14. The molecule has 142 valence electrons. The highest BCUT2D eigenvalue weighted by molar-refractivity contribution is 7.99. The highest BCUT2D eigenvalue weighted by Crippen LogP contribution is 2.30. The number of hydrogen-bond donors (Lipinski definition) is 1. The number of ether oxygens (including phenoxy) is 3. The molecule has 0 saturated carbocycles. The molecule has 2 aromatic carbocycles. The largest absolute Gasteiger partial charge is 0.489 e. The molecule has 2 rings (SSSR count). The van der Waals surface area contributed by atoms with E-state index in [2.05, 4.69) is 0 Å². The predicted octanol–water partition coefficient (Wildman–Crippen LogP) is 4.46. The standard InChI is InChI=1S/C18H20ClNO4S.ClH/c1-2-22-18(21)12-24-17-11-14(20)5-8-16(17)23-9-10-25-15-6-3-13(19)4-7-15;/h3-8,11H,2,9-10,12,20H2,1H3;1H. The van der Waals surface area contributed by atoms with Gasteiger partial charge in [-0.3, -0.25) is 0 Å². The van der Waals surface area contributed by atoms with E-state index in [1.165, 1.54) is 0 Å². The van der Waals surface area contributed by atoms with E-state index >= 15 is 0 Å². The molecule has 2 N–H and O–H groups in total. The van der Waals surface area contributed by atoms with Crippen LogP contribution in [0.25, 0.3) is 0 Å². The molecule has 0 unspecified atom stereocenters. The molecule has 0 amide bonds. The molecule has 8 heteroatoms. The lowest BCUT2D eigenvalue weighted by Crippen LogP contribution is -2.15. The lowest BCUT2D eigenvalue weighted by Gasteiger charge is -2.13. The van der Waals surface area contributed by atoms with Crippen molar-refractivity contribution in [3.8, 4) is 11.5 Å². The molecule has 26 heavy (non-hydrogen) atoms. The third kappa shape index (κ3) is 7.64. The van der Waals surface area contributed by atoms with Gasteiger partial charge in [0.05, 0.1) is 13.2 Å². The summed E-state index contributed by atoms with van der Waals surface area (Å²) in [6.45, 7) is 2.34. The van der Waals surface area contributed by atoms with E-state index in [9.17, 15) is 4.79 Å². The van der Waals surface area contributed by atoms with Crippen molar-refractivity contribution in [2.24, 2.45) is 0 Å². The van der Waals surface area contributed by atoms with Gasteiger partial charge in [-0.2, -0.15) is 0 Å². The zero-order valence-corrected chi connectivity index (χ0v) is 16.7. The molecule has 0 aliphatic carbocycles. The molecule has 0 heterocycles. The van der Waals surface area contributed by atoms with E-state index in [0.717, 1.165) is 10.6 Å². The van der Waals surface area contributed by atoms with Crippen LogP contribution < -0.4 is 15.2 Å². The van der Waals surface area contributed by atoms with Crippen molar-refractivity contribution in [2.75, 3.05) is 31.3 Å². The van der Waals surface area contributed by atoms with Gasteiger partial charge in [-0.1, -0.05) is 11.6 Å². The minimum Gasteiger partial charge on any atom is -0.489 e. The van der Waals surface area contributed by atoms with Crippen LogP contribution in [-0.4, -0.2) is 31.5 Å². The lowest BCUT2D eigenvalue weighted by molar-refractivity contribution is -0.145. The van der Waals surface area contributed by atoms with Crippen molar-refractivity contribution in [1.82, 2.24) is 0 Å². The van der Waals surface area contributed by atoms with E-state index in [1.807, 2.05) is 24.3 Å². The first kappa shape index (κ1) is 22.3. The van der Waals surface area contributed by atoms with Crippen LogP contribution in [0, 0.1) is 0 Å². The van der Waals surface area contributed by atoms with Gasteiger partial charge < -0.3 is 19.9 Å². The van der Waals surface area contributed by atoms with Gasteiger partial charge >= 0.3 is 5.97 Å². The summed E-state index contributed by atoms with van der Waals surface area (Å²) in [6, 6.07) is 12.7. The Labute approximate surface area is 168 Å². The van der Waals surface area contributed by atoms with Crippen molar-refractivity contribution in [1.29, 1.82) is 0 Å². The highest BCUT2D eigenvalue weighted by atomic mass is 35.5. The third-order valence-electron chi connectivity index (χ3n) is 3.04. The zero-order valence-electron chi connectivity index (χ0n) is 14.3. The van der Waals surface area contributed by atoms with E-state index in [1.54, 1.807) is 36.9 Å². The van der Waals surface area contributed by atoms with Gasteiger partial charge in [0.25, 0.3) is 0 Å². The summed E-state index contributed by atoms with van der Waals surface area (Å²) in [5.74, 6) is 1.28. The maximum absolute atomic E-state index is 11.4. The number of halogens is 2. The van der Waals surface area contributed by atoms with Gasteiger partial charge in [0, 0.05) is 27.4 Å². The second-order valence-corrected chi connectivity index (χ2v) is 6.56. The molecule has 0 radical (unpaired) electrons. The fourth-order valence-electron chi connectivity index (χ4n) is 1.94. The predicted molar refractivity (Wildman–Crippen MR) is 108 cm³/mol. The van der Waals surface area contributed by atoms with Crippen molar-refractivity contribution < 1.29 is 19.0 Å². The maximum atomic E-state index is 11.4. The number of thioether (sulfide) groups is 1. The van der Waals surface area contributed by atoms with Crippen molar-refractivity contribution in [2.45, 2.75) is 11.8 Å². The lowest BCUT2D eigenvalue weighted by atomic mass is 10.3.